The zero-order valence-corrected chi connectivity index (χ0v) is 8.16. The Morgan fingerprint density at radius 3 is 2.77 bits per heavy atom. The highest BCUT2D eigenvalue weighted by Crippen LogP contribution is 2.06. The van der Waals surface area contributed by atoms with Crippen molar-refractivity contribution in [2.45, 2.75) is 38.7 Å². The molecule has 1 atom stereocenters. The van der Waals surface area contributed by atoms with E-state index >= 15 is 0 Å². The first-order valence-corrected chi connectivity index (χ1v) is 4.64. The number of ether oxygens (including phenoxy) is 1. The lowest BCUT2D eigenvalue weighted by Gasteiger charge is -2.10. The van der Waals surface area contributed by atoms with Crippen molar-refractivity contribution in [1.82, 2.24) is 0 Å². The van der Waals surface area contributed by atoms with Gasteiger partial charge in [-0.2, -0.15) is 0 Å². The third-order valence-electron chi connectivity index (χ3n) is 1.75. The largest absolute Gasteiger partial charge is 0.460 e. The summed E-state index contributed by atoms with van der Waals surface area (Å²) in [4.78, 5) is 10.7. The molecule has 13 heavy (non-hydrogen) atoms. The third-order valence-corrected chi connectivity index (χ3v) is 1.75. The zero-order chi connectivity index (χ0) is 10.1. The molecule has 0 aliphatic carbocycles. The van der Waals surface area contributed by atoms with Gasteiger partial charge in [0.25, 0.3) is 0 Å². The second-order valence-electron chi connectivity index (χ2n) is 3.02. The van der Waals surface area contributed by atoms with Gasteiger partial charge in [0, 0.05) is 12.7 Å². The number of unbranched alkanes of at least 4 members (excludes halogenated alkanes) is 2. The first-order valence-electron chi connectivity index (χ1n) is 4.64. The molecule has 0 saturated carbocycles. The fourth-order valence-corrected chi connectivity index (χ4v) is 1.03. The number of hydrogen-bond donors (Lipinski definition) is 1. The highest BCUT2D eigenvalue weighted by Gasteiger charge is 2.05. The maximum atomic E-state index is 10.7. The van der Waals surface area contributed by atoms with E-state index in [0.29, 0.717) is 0 Å². The number of carbonyl (C=O) groups excluding carboxylic acids is 1. The number of rotatable bonds is 7. The quantitative estimate of drug-likeness (QED) is 0.373. The molecule has 1 N–H and O–H groups in total. The van der Waals surface area contributed by atoms with Crippen LogP contribution in [0.25, 0.3) is 0 Å². The van der Waals surface area contributed by atoms with Crippen LogP contribution in [0.4, 0.5) is 0 Å². The van der Waals surface area contributed by atoms with E-state index in [1.54, 1.807) is 0 Å². The van der Waals surface area contributed by atoms with E-state index in [-0.39, 0.29) is 18.7 Å². The van der Waals surface area contributed by atoms with Crippen molar-refractivity contribution in [2.24, 2.45) is 0 Å². The van der Waals surface area contributed by atoms with Crippen molar-refractivity contribution in [3.63, 3.8) is 0 Å². The van der Waals surface area contributed by atoms with Gasteiger partial charge in [-0.05, 0) is 26.2 Å². The van der Waals surface area contributed by atoms with Gasteiger partial charge in [-0.1, -0.05) is 13.0 Å². The monoisotopic (exact) mass is 186 g/mol. The molecule has 0 saturated heterocycles. The molecule has 0 heterocycles. The lowest BCUT2D eigenvalue weighted by Crippen LogP contribution is -2.12. The van der Waals surface area contributed by atoms with Crippen molar-refractivity contribution in [3.05, 3.63) is 12.7 Å². The van der Waals surface area contributed by atoms with E-state index in [9.17, 15) is 4.79 Å². The van der Waals surface area contributed by atoms with E-state index in [0.717, 1.165) is 25.7 Å². The van der Waals surface area contributed by atoms with Crippen molar-refractivity contribution in [2.75, 3.05) is 6.61 Å². The summed E-state index contributed by atoms with van der Waals surface area (Å²) >= 11 is 0. The normalized spacial score (nSPS) is 12.2. The molecule has 0 aromatic heterocycles. The molecule has 0 aliphatic heterocycles. The molecule has 76 valence electrons. The summed E-state index contributed by atoms with van der Waals surface area (Å²) in [6.07, 6.45) is 4.74. The number of hydrogen-bond acceptors (Lipinski definition) is 3. The van der Waals surface area contributed by atoms with E-state index in [1.165, 1.54) is 6.08 Å². The predicted molar refractivity (Wildman–Crippen MR) is 51.3 cm³/mol. The van der Waals surface area contributed by atoms with Gasteiger partial charge >= 0.3 is 5.97 Å². The minimum Gasteiger partial charge on any atom is -0.460 e. The van der Waals surface area contributed by atoms with Crippen LogP contribution >= 0.6 is 0 Å². The number of carbonyl (C=O) groups is 1. The smallest absolute Gasteiger partial charge is 0.330 e. The van der Waals surface area contributed by atoms with Gasteiger partial charge < -0.3 is 9.84 Å². The summed E-state index contributed by atoms with van der Waals surface area (Å²) < 4.78 is 4.96. The SMILES string of the molecule is C=CC(=O)OC(C)CCCCCO. The Morgan fingerprint density at radius 1 is 1.54 bits per heavy atom. The minimum atomic E-state index is -0.366. The Kier molecular flexibility index (Phi) is 7.30. The molecule has 1 unspecified atom stereocenters. The second-order valence-corrected chi connectivity index (χ2v) is 3.02. The number of aliphatic hydroxyl groups is 1. The summed E-state index contributed by atoms with van der Waals surface area (Å²) in [6, 6.07) is 0. The van der Waals surface area contributed by atoms with Gasteiger partial charge in [0.05, 0.1) is 6.10 Å². The number of aliphatic hydroxyl groups excluding tert-OH is 1. The van der Waals surface area contributed by atoms with Crippen LogP contribution in [-0.4, -0.2) is 23.8 Å². The molecule has 0 aliphatic rings. The van der Waals surface area contributed by atoms with Crippen LogP contribution in [0.1, 0.15) is 32.6 Å². The standard InChI is InChI=1S/C10H18O3/c1-3-10(12)13-9(2)7-5-4-6-8-11/h3,9,11H,1,4-8H2,2H3. The summed E-state index contributed by atoms with van der Waals surface area (Å²) in [6.45, 7) is 5.41. The summed E-state index contributed by atoms with van der Waals surface area (Å²) in [5.74, 6) is -0.366. The highest BCUT2D eigenvalue weighted by atomic mass is 16.5. The molecule has 0 rings (SSSR count). The lowest BCUT2D eigenvalue weighted by atomic mass is 10.1. The maximum Gasteiger partial charge on any atom is 0.330 e. The molecule has 3 nitrogen and oxygen atoms in total. The Balaban J connectivity index is 3.34. The fraction of sp³-hybridized carbons (Fsp3) is 0.700. The van der Waals surface area contributed by atoms with Gasteiger partial charge in [0.1, 0.15) is 0 Å². The van der Waals surface area contributed by atoms with Gasteiger partial charge in [-0.25, -0.2) is 4.79 Å². The molecule has 3 heteroatoms. The molecule has 0 amide bonds. The van der Waals surface area contributed by atoms with Crippen LogP contribution in [-0.2, 0) is 9.53 Å². The molecule has 0 bridgehead atoms. The average molecular weight is 186 g/mol. The minimum absolute atomic E-state index is 0.0517. The van der Waals surface area contributed by atoms with Gasteiger partial charge in [0.15, 0.2) is 0 Å². The van der Waals surface area contributed by atoms with E-state index in [1.807, 2.05) is 6.92 Å². The van der Waals surface area contributed by atoms with E-state index < -0.39 is 0 Å². The zero-order valence-electron chi connectivity index (χ0n) is 8.16. The Labute approximate surface area is 79.4 Å². The molecular formula is C10H18O3. The van der Waals surface area contributed by atoms with Crippen LogP contribution in [0.3, 0.4) is 0 Å². The molecule has 0 radical (unpaired) electrons. The first-order chi connectivity index (χ1) is 6.20. The second kappa shape index (κ2) is 7.80. The van der Waals surface area contributed by atoms with Crippen LogP contribution in [0.2, 0.25) is 0 Å². The van der Waals surface area contributed by atoms with Gasteiger partial charge in [-0.3, -0.25) is 0 Å². The lowest BCUT2D eigenvalue weighted by molar-refractivity contribution is -0.142. The average Bonchev–Trinajstić information content (AvgIpc) is 2.12. The summed E-state index contributed by atoms with van der Waals surface area (Å²) in [5, 5.41) is 8.52. The summed E-state index contributed by atoms with van der Waals surface area (Å²) in [7, 11) is 0. The topological polar surface area (TPSA) is 46.5 Å². The van der Waals surface area contributed by atoms with Gasteiger partial charge in [-0.15, -0.1) is 0 Å². The van der Waals surface area contributed by atoms with Crippen molar-refractivity contribution in [1.29, 1.82) is 0 Å². The van der Waals surface area contributed by atoms with Crippen LogP contribution in [0, 0.1) is 0 Å². The molecule has 0 fully saturated rings. The van der Waals surface area contributed by atoms with Crippen molar-refractivity contribution >= 4 is 5.97 Å². The Hall–Kier alpha value is -0.830. The number of esters is 1. The van der Waals surface area contributed by atoms with E-state index in [4.69, 9.17) is 9.84 Å². The molecule has 0 aromatic rings. The van der Waals surface area contributed by atoms with Crippen LogP contribution in [0.5, 0.6) is 0 Å². The molecular weight excluding hydrogens is 168 g/mol. The van der Waals surface area contributed by atoms with Crippen molar-refractivity contribution in [3.8, 4) is 0 Å². The van der Waals surface area contributed by atoms with Crippen LogP contribution in [0.15, 0.2) is 12.7 Å². The van der Waals surface area contributed by atoms with Crippen LogP contribution < -0.4 is 0 Å². The first kappa shape index (κ1) is 12.2. The fourth-order valence-electron chi connectivity index (χ4n) is 1.03. The maximum absolute atomic E-state index is 10.7. The summed E-state index contributed by atoms with van der Waals surface area (Å²) in [5.41, 5.74) is 0. The van der Waals surface area contributed by atoms with Gasteiger partial charge in [0.2, 0.25) is 0 Å². The highest BCUT2D eigenvalue weighted by molar-refractivity contribution is 5.81. The third kappa shape index (κ3) is 7.53. The van der Waals surface area contributed by atoms with Crippen molar-refractivity contribution < 1.29 is 14.6 Å². The Morgan fingerprint density at radius 2 is 2.23 bits per heavy atom. The molecule has 0 spiro atoms. The Bertz CT molecular complexity index is 154. The predicted octanol–water partition coefficient (Wildman–Crippen LogP) is 1.66. The molecule has 0 aromatic carbocycles. The van der Waals surface area contributed by atoms with E-state index in [2.05, 4.69) is 6.58 Å².